The average Bonchev–Trinajstić information content (AvgIpc) is 3.26. The van der Waals surface area contributed by atoms with Crippen LogP contribution in [0.25, 0.3) is 11.1 Å². The van der Waals surface area contributed by atoms with Crippen LogP contribution in [0.1, 0.15) is 37.5 Å². The summed E-state index contributed by atoms with van der Waals surface area (Å²) < 4.78 is 5.81. The van der Waals surface area contributed by atoms with Crippen molar-refractivity contribution in [2.75, 3.05) is 32.0 Å². The van der Waals surface area contributed by atoms with Crippen molar-refractivity contribution in [1.82, 2.24) is 9.88 Å². The average molecular weight is 285 g/mol. The molecule has 4 heteroatoms. The fourth-order valence-corrected chi connectivity index (χ4v) is 3.09. The zero-order valence-corrected chi connectivity index (χ0v) is 12.6. The molecular weight excluding hydrogens is 262 g/mol. The van der Waals surface area contributed by atoms with Crippen LogP contribution in [0.3, 0.4) is 0 Å². The maximum absolute atomic E-state index is 5.81. The highest BCUT2D eigenvalue weighted by Crippen LogP contribution is 2.40. The van der Waals surface area contributed by atoms with Gasteiger partial charge in [-0.25, -0.2) is 4.98 Å². The van der Waals surface area contributed by atoms with Crippen molar-refractivity contribution in [3.63, 3.8) is 0 Å². The van der Waals surface area contributed by atoms with E-state index in [2.05, 4.69) is 34.4 Å². The van der Waals surface area contributed by atoms with Crippen molar-refractivity contribution in [3.8, 4) is 0 Å². The molecular formula is C17H23N3O. The van der Waals surface area contributed by atoms with E-state index in [1.165, 1.54) is 38.8 Å². The van der Waals surface area contributed by atoms with Gasteiger partial charge in [0.1, 0.15) is 5.52 Å². The zero-order chi connectivity index (χ0) is 14.2. The number of anilines is 1. The number of likely N-dealkylation sites (tertiary alicyclic amines) is 1. The summed E-state index contributed by atoms with van der Waals surface area (Å²) in [7, 11) is 2.21. The van der Waals surface area contributed by atoms with Gasteiger partial charge in [0.05, 0.1) is 0 Å². The molecule has 0 spiro atoms. The number of rotatable bonds is 4. The maximum atomic E-state index is 5.81. The summed E-state index contributed by atoms with van der Waals surface area (Å²) in [5.41, 5.74) is 3.07. The number of hydrogen-bond donors (Lipinski definition) is 1. The highest BCUT2D eigenvalue weighted by molar-refractivity contribution is 5.77. The van der Waals surface area contributed by atoms with Gasteiger partial charge in [-0.05, 0) is 69.9 Å². The molecule has 2 aliphatic rings. The van der Waals surface area contributed by atoms with Gasteiger partial charge < -0.3 is 14.6 Å². The Kier molecular flexibility index (Phi) is 3.34. The first-order valence-corrected chi connectivity index (χ1v) is 8.11. The van der Waals surface area contributed by atoms with E-state index >= 15 is 0 Å². The lowest BCUT2D eigenvalue weighted by Crippen LogP contribution is -2.32. The summed E-state index contributed by atoms with van der Waals surface area (Å²) in [6.07, 6.45) is 5.05. The molecule has 1 aromatic heterocycles. The predicted molar refractivity (Wildman–Crippen MR) is 84.7 cm³/mol. The molecule has 2 fully saturated rings. The van der Waals surface area contributed by atoms with E-state index in [9.17, 15) is 0 Å². The van der Waals surface area contributed by atoms with E-state index in [4.69, 9.17) is 4.42 Å². The minimum Gasteiger partial charge on any atom is -0.440 e. The quantitative estimate of drug-likeness (QED) is 0.934. The van der Waals surface area contributed by atoms with E-state index in [0.717, 1.165) is 35.1 Å². The molecule has 1 aliphatic carbocycles. The van der Waals surface area contributed by atoms with Crippen LogP contribution in [0.4, 0.5) is 5.69 Å². The van der Waals surface area contributed by atoms with Crippen LogP contribution in [0.15, 0.2) is 22.6 Å². The first-order valence-electron chi connectivity index (χ1n) is 8.11. The molecule has 1 N–H and O–H groups in total. The van der Waals surface area contributed by atoms with Gasteiger partial charge in [0.25, 0.3) is 0 Å². The molecule has 1 aliphatic heterocycles. The standard InChI is InChI=1S/C17H23N3O/c1-20-8-6-12(7-9-20)11-18-14-4-5-16-15(10-14)19-17(21-16)13-2-3-13/h4-5,10,12-13,18H,2-3,6-9,11H2,1H3. The van der Waals surface area contributed by atoms with Crippen LogP contribution in [0, 0.1) is 5.92 Å². The number of fused-ring (bicyclic) bond motifs is 1. The third-order valence-corrected chi connectivity index (χ3v) is 4.76. The number of oxazole rings is 1. The third kappa shape index (κ3) is 2.91. The molecule has 2 heterocycles. The summed E-state index contributed by atoms with van der Waals surface area (Å²) >= 11 is 0. The van der Waals surface area contributed by atoms with Crippen molar-refractivity contribution in [2.45, 2.75) is 31.6 Å². The van der Waals surface area contributed by atoms with Gasteiger partial charge in [-0.3, -0.25) is 0 Å². The lowest BCUT2D eigenvalue weighted by molar-refractivity contribution is 0.226. The third-order valence-electron chi connectivity index (χ3n) is 4.76. The normalized spacial score (nSPS) is 21.0. The fraction of sp³-hybridized carbons (Fsp3) is 0.588. The molecule has 0 amide bonds. The van der Waals surface area contributed by atoms with Gasteiger partial charge in [-0.1, -0.05) is 0 Å². The minimum atomic E-state index is 0.577. The highest BCUT2D eigenvalue weighted by atomic mass is 16.3. The molecule has 0 radical (unpaired) electrons. The van der Waals surface area contributed by atoms with Crippen LogP contribution >= 0.6 is 0 Å². The number of aromatic nitrogens is 1. The van der Waals surface area contributed by atoms with Gasteiger partial charge in [0.15, 0.2) is 11.5 Å². The summed E-state index contributed by atoms with van der Waals surface area (Å²) in [4.78, 5) is 7.04. The summed E-state index contributed by atoms with van der Waals surface area (Å²) in [5, 5.41) is 3.58. The van der Waals surface area contributed by atoms with Gasteiger partial charge in [0, 0.05) is 18.2 Å². The molecule has 21 heavy (non-hydrogen) atoms. The topological polar surface area (TPSA) is 41.3 Å². The zero-order valence-electron chi connectivity index (χ0n) is 12.6. The Morgan fingerprint density at radius 1 is 1.24 bits per heavy atom. The van der Waals surface area contributed by atoms with Crippen LogP contribution in [0.5, 0.6) is 0 Å². The van der Waals surface area contributed by atoms with Crippen LogP contribution in [-0.4, -0.2) is 36.6 Å². The molecule has 1 saturated heterocycles. The highest BCUT2D eigenvalue weighted by Gasteiger charge is 2.28. The van der Waals surface area contributed by atoms with Crippen LogP contribution < -0.4 is 5.32 Å². The lowest BCUT2D eigenvalue weighted by atomic mass is 9.97. The largest absolute Gasteiger partial charge is 0.440 e. The monoisotopic (exact) mass is 285 g/mol. The first kappa shape index (κ1) is 13.1. The SMILES string of the molecule is CN1CCC(CNc2ccc3oc(C4CC4)nc3c2)CC1. The van der Waals surface area contributed by atoms with Crippen molar-refractivity contribution in [1.29, 1.82) is 0 Å². The Morgan fingerprint density at radius 3 is 2.81 bits per heavy atom. The number of hydrogen-bond acceptors (Lipinski definition) is 4. The van der Waals surface area contributed by atoms with E-state index in [1.54, 1.807) is 0 Å². The van der Waals surface area contributed by atoms with Gasteiger partial charge in [0.2, 0.25) is 0 Å². The molecule has 0 bridgehead atoms. The Bertz CT molecular complexity index is 624. The number of piperidine rings is 1. The second-order valence-electron chi connectivity index (χ2n) is 6.64. The number of nitrogens with zero attached hydrogens (tertiary/aromatic N) is 2. The first-order chi connectivity index (χ1) is 10.3. The second kappa shape index (κ2) is 5.34. The van der Waals surface area contributed by atoms with Crippen molar-refractivity contribution < 1.29 is 4.42 Å². The van der Waals surface area contributed by atoms with E-state index in [1.807, 2.05) is 6.07 Å². The predicted octanol–water partition coefficient (Wildman–Crippen LogP) is 3.46. The molecule has 112 valence electrons. The number of nitrogens with one attached hydrogen (secondary N) is 1. The lowest BCUT2D eigenvalue weighted by Gasteiger charge is -2.29. The summed E-state index contributed by atoms with van der Waals surface area (Å²) in [6, 6.07) is 6.28. The smallest absolute Gasteiger partial charge is 0.198 e. The van der Waals surface area contributed by atoms with E-state index < -0.39 is 0 Å². The van der Waals surface area contributed by atoms with Gasteiger partial charge >= 0.3 is 0 Å². The Labute approximate surface area is 125 Å². The van der Waals surface area contributed by atoms with Crippen LogP contribution in [0.2, 0.25) is 0 Å². The van der Waals surface area contributed by atoms with Gasteiger partial charge in [-0.15, -0.1) is 0 Å². The molecule has 4 nitrogen and oxygen atoms in total. The van der Waals surface area contributed by atoms with Crippen molar-refractivity contribution in [3.05, 3.63) is 24.1 Å². The van der Waals surface area contributed by atoms with E-state index in [0.29, 0.717) is 5.92 Å². The minimum absolute atomic E-state index is 0.577. The molecule has 0 unspecified atom stereocenters. The molecule has 4 rings (SSSR count). The summed E-state index contributed by atoms with van der Waals surface area (Å²) in [5.74, 6) is 2.29. The molecule has 0 atom stereocenters. The Hall–Kier alpha value is -1.55. The number of benzene rings is 1. The summed E-state index contributed by atoms with van der Waals surface area (Å²) in [6.45, 7) is 3.51. The van der Waals surface area contributed by atoms with Crippen molar-refractivity contribution in [2.24, 2.45) is 5.92 Å². The van der Waals surface area contributed by atoms with Crippen molar-refractivity contribution >= 4 is 16.8 Å². The Morgan fingerprint density at radius 2 is 2.05 bits per heavy atom. The second-order valence-corrected chi connectivity index (χ2v) is 6.64. The fourth-order valence-electron chi connectivity index (χ4n) is 3.09. The molecule has 2 aromatic rings. The molecule has 1 aromatic carbocycles. The van der Waals surface area contributed by atoms with Gasteiger partial charge in [-0.2, -0.15) is 0 Å². The maximum Gasteiger partial charge on any atom is 0.198 e. The molecule has 1 saturated carbocycles. The van der Waals surface area contributed by atoms with E-state index in [-0.39, 0.29) is 0 Å². The Balaban J connectivity index is 1.41. The van der Waals surface area contributed by atoms with Crippen LogP contribution in [-0.2, 0) is 0 Å².